The quantitative estimate of drug-likeness (QED) is 0.622. The van der Waals surface area contributed by atoms with Crippen molar-refractivity contribution in [1.29, 1.82) is 0 Å². The Labute approximate surface area is 84.7 Å². The molecule has 0 aliphatic carbocycles. The third-order valence-electron chi connectivity index (χ3n) is 2.75. The number of urea groups is 1. The van der Waals surface area contributed by atoms with Crippen molar-refractivity contribution < 1.29 is 9.90 Å². The standard InChI is InChI=1S/C9H19N3O2/c1-4-11(2)9(14)12(3)7-5-10-6-8(7)13/h7-8,10,13H,4-6H2,1-3H3/t7-,8-/m1/s1. The second-order valence-electron chi connectivity index (χ2n) is 3.70. The Bertz CT molecular complexity index is 210. The van der Waals surface area contributed by atoms with Gasteiger partial charge in [0.1, 0.15) is 0 Å². The van der Waals surface area contributed by atoms with Gasteiger partial charge in [0.05, 0.1) is 12.1 Å². The molecule has 0 saturated carbocycles. The van der Waals surface area contributed by atoms with Gasteiger partial charge in [-0.25, -0.2) is 4.79 Å². The fraction of sp³-hybridized carbons (Fsp3) is 0.889. The molecular weight excluding hydrogens is 182 g/mol. The zero-order chi connectivity index (χ0) is 10.7. The lowest BCUT2D eigenvalue weighted by Crippen LogP contribution is -2.49. The number of aliphatic hydroxyl groups is 1. The Morgan fingerprint density at radius 2 is 2.14 bits per heavy atom. The molecule has 0 bridgehead atoms. The van der Waals surface area contributed by atoms with Crippen molar-refractivity contribution >= 4 is 6.03 Å². The Kier molecular flexibility index (Phi) is 3.71. The van der Waals surface area contributed by atoms with E-state index in [2.05, 4.69) is 5.32 Å². The van der Waals surface area contributed by atoms with Crippen LogP contribution in [0.3, 0.4) is 0 Å². The first-order valence-electron chi connectivity index (χ1n) is 4.94. The first-order valence-corrected chi connectivity index (χ1v) is 4.94. The molecule has 2 amide bonds. The second-order valence-corrected chi connectivity index (χ2v) is 3.70. The van der Waals surface area contributed by atoms with E-state index in [0.717, 1.165) is 0 Å². The van der Waals surface area contributed by atoms with Crippen LogP contribution in [-0.4, -0.2) is 66.8 Å². The molecule has 1 rings (SSSR count). The van der Waals surface area contributed by atoms with Crippen molar-refractivity contribution in [2.24, 2.45) is 0 Å². The summed E-state index contributed by atoms with van der Waals surface area (Å²) in [6, 6.07) is -0.142. The van der Waals surface area contributed by atoms with Gasteiger partial charge in [-0.3, -0.25) is 0 Å². The molecular formula is C9H19N3O2. The fourth-order valence-corrected chi connectivity index (χ4v) is 1.59. The van der Waals surface area contributed by atoms with Crippen LogP contribution in [-0.2, 0) is 0 Å². The molecule has 0 aromatic carbocycles. The van der Waals surface area contributed by atoms with E-state index in [-0.39, 0.29) is 12.1 Å². The summed E-state index contributed by atoms with van der Waals surface area (Å²) in [6.45, 7) is 3.84. The minimum atomic E-state index is -0.450. The lowest BCUT2D eigenvalue weighted by Gasteiger charge is -2.30. The monoisotopic (exact) mass is 201 g/mol. The molecule has 1 aliphatic rings. The zero-order valence-corrected chi connectivity index (χ0v) is 9.03. The van der Waals surface area contributed by atoms with Gasteiger partial charge < -0.3 is 20.2 Å². The van der Waals surface area contributed by atoms with Crippen LogP contribution >= 0.6 is 0 Å². The van der Waals surface area contributed by atoms with Gasteiger partial charge in [-0.15, -0.1) is 0 Å². The van der Waals surface area contributed by atoms with E-state index < -0.39 is 6.10 Å². The number of hydrogen-bond acceptors (Lipinski definition) is 3. The predicted octanol–water partition coefficient (Wildman–Crippen LogP) is -0.677. The maximum Gasteiger partial charge on any atom is 0.319 e. The molecule has 14 heavy (non-hydrogen) atoms. The van der Waals surface area contributed by atoms with Crippen LogP contribution in [0.5, 0.6) is 0 Å². The molecule has 0 spiro atoms. The summed E-state index contributed by atoms with van der Waals surface area (Å²) in [4.78, 5) is 15.0. The van der Waals surface area contributed by atoms with Crippen LogP contribution in [0.1, 0.15) is 6.92 Å². The number of amides is 2. The first-order chi connectivity index (χ1) is 6.57. The SMILES string of the molecule is CCN(C)C(=O)N(C)[C@@H]1CNC[C@H]1O. The summed E-state index contributed by atoms with van der Waals surface area (Å²) in [7, 11) is 3.49. The molecule has 1 saturated heterocycles. The molecule has 0 aromatic rings. The zero-order valence-electron chi connectivity index (χ0n) is 9.03. The van der Waals surface area contributed by atoms with Crippen molar-refractivity contribution in [2.45, 2.75) is 19.1 Å². The van der Waals surface area contributed by atoms with Crippen molar-refractivity contribution in [3.8, 4) is 0 Å². The van der Waals surface area contributed by atoms with E-state index >= 15 is 0 Å². The molecule has 1 aliphatic heterocycles. The van der Waals surface area contributed by atoms with Gasteiger partial charge in [-0.05, 0) is 6.92 Å². The number of aliphatic hydroxyl groups excluding tert-OH is 1. The molecule has 5 heteroatoms. The van der Waals surface area contributed by atoms with E-state index in [1.807, 2.05) is 6.92 Å². The fourth-order valence-electron chi connectivity index (χ4n) is 1.59. The third-order valence-corrected chi connectivity index (χ3v) is 2.75. The lowest BCUT2D eigenvalue weighted by molar-refractivity contribution is 0.0976. The summed E-state index contributed by atoms with van der Waals surface area (Å²) in [5.41, 5.74) is 0. The average molecular weight is 201 g/mol. The van der Waals surface area contributed by atoms with Gasteiger partial charge in [0.2, 0.25) is 0 Å². The number of rotatable bonds is 2. The molecule has 2 N–H and O–H groups in total. The minimum absolute atomic E-state index is 0.0414. The van der Waals surface area contributed by atoms with Crippen molar-refractivity contribution in [3.05, 3.63) is 0 Å². The number of nitrogens with zero attached hydrogens (tertiary/aromatic N) is 2. The van der Waals surface area contributed by atoms with E-state index in [4.69, 9.17) is 0 Å². The normalized spacial score (nSPS) is 26.3. The first kappa shape index (κ1) is 11.3. The second kappa shape index (κ2) is 4.61. The van der Waals surface area contributed by atoms with Crippen molar-refractivity contribution in [3.63, 3.8) is 0 Å². The Morgan fingerprint density at radius 3 is 2.57 bits per heavy atom. The highest BCUT2D eigenvalue weighted by Gasteiger charge is 2.31. The maximum atomic E-state index is 11.7. The number of likely N-dealkylation sites (N-methyl/N-ethyl adjacent to an activating group) is 1. The third kappa shape index (κ3) is 2.16. The molecule has 0 unspecified atom stereocenters. The van der Waals surface area contributed by atoms with Crippen LogP contribution in [0.2, 0.25) is 0 Å². The van der Waals surface area contributed by atoms with Gasteiger partial charge in [0, 0.05) is 33.7 Å². The van der Waals surface area contributed by atoms with Crippen LogP contribution in [0.25, 0.3) is 0 Å². The number of hydrogen-bond donors (Lipinski definition) is 2. The molecule has 82 valence electrons. The number of nitrogens with one attached hydrogen (secondary N) is 1. The summed E-state index contributed by atoms with van der Waals surface area (Å²) in [5.74, 6) is 0. The largest absolute Gasteiger partial charge is 0.390 e. The Morgan fingerprint density at radius 1 is 1.50 bits per heavy atom. The van der Waals surface area contributed by atoms with Gasteiger partial charge in [-0.2, -0.15) is 0 Å². The summed E-state index contributed by atoms with van der Waals surface area (Å²) in [6.07, 6.45) is -0.450. The van der Waals surface area contributed by atoms with Gasteiger partial charge in [0.25, 0.3) is 0 Å². The van der Waals surface area contributed by atoms with E-state index in [1.54, 1.807) is 23.9 Å². The molecule has 2 atom stereocenters. The highest BCUT2D eigenvalue weighted by Crippen LogP contribution is 2.09. The molecule has 1 heterocycles. The average Bonchev–Trinajstić information content (AvgIpc) is 2.61. The van der Waals surface area contributed by atoms with Gasteiger partial charge >= 0.3 is 6.03 Å². The Balaban J connectivity index is 2.55. The molecule has 0 radical (unpaired) electrons. The lowest BCUT2D eigenvalue weighted by atomic mass is 10.2. The van der Waals surface area contributed by atoms with E-state index in [9.17, 15) is 9.90 Å². The molecule has 1 fully saturated rings. The molecule has 5 nitrogen and oxygen atoms in total. The Hall–Kier alpha value is -0.810. The number of carbonyl (C=O) groups is 1. The van der Waals surface area contributed by atoms with Gasteiger partial charge in [-0.1, -0.05) is 0 Å². The van der Waals surface area contributed by atoms with E-state index in [1.165, 1.54) is 0 Å². The molecule has 0 aromatic heterocycles. The summed E-state index contributed by atoms with van der Waals surface area (Å²) >= 11 is 0. The van der Waals surface area contributed by atoms with Crippen molar-refractivity contribution in [2.75, 3.05) is 33.7 Å². The summed E-state index contributed by atoms with van der Waals surface area (Å²) < 4.78 is 0. The van der Waals surface area contributed by atoms with E-state index in [0.29, 0.717) is 19.6 Å². The number of β-amino-alcohol motifs (C(OH)–C–C–N with tert-alkyl or cyclic N) is 1. The predicted molar refractivity (Wildman–Crippen MR) is 54.1 cm³/mol. The highest BCUT2D eigenvalue weighted by atomic mass is 16.3. The van der Waals surface area contributed by atoms with Gasteiger partial charge in [0.15, 0.2) is 0 Å². The topological polar surface area (TPSA) is 55.8 Å². The summed E-state index contributed by atoms with van der Waals surface area (Å²) in [5, 5.41) is 12.6. The minimum Gasteiger partial charge on any atom is -0.390 e. The van der Waals surface area contributed by atoms with Crippen molar-refractivity contribution in [1.82, 2.24) is 15.1 Å². The highest BCUT2D eigenvalue weighted by molar-refractivity contribution is 5.74. The maximum absolute atomic E-state index is 11.7. The van der Waals surface area contributed by atoms with Crippen LogP contribution < -0.4 is 5.32 Å². The number of carbonyl (C=O) groups excluding carboxylic acids is 1. The van der Waals surface area contributed by atoms with Crippen LogP contribution in [0, 0.1) is 0 Å². The smallest absolute Gasteiger partial charge is 0.319 e. The van der Waals surface area contributed by atoms with Crippen LogP contribution in [0.15, 0.2) is 0 Å². The van der Waals surface area contributed by atoms with Crippen LogP contribution in [0.4, 0.5) is 4.79 Å².